The van der Waals surface area contributed by atoms with Gasteiger partial charge in [-0.15, -0.1) is 0 Å². The summed E-state index contributed by atoms with van der Waals surface area (Å²) in [5, 5.41) is 27.2. The molecule has 1 heterocycles. The first-order valence-electron chi connectivity index (χ1n) is 9.98. The molecule has 1 amide bonds. The molecule has 1 aromatic rings. The predicted molar refractivity (Wildman–Crippen MR) is 111 cm³/mol. The number of nitrogens with two attached hydrogens (primary N) is 1. The van der Waals surface area contributed by atoms with Gasteiger partial charge in [0.25, 0.3) is 5.91 Å². The van der Waals surface area contributed by atoms with E-state index in [1.807, 2.05) is 4.90 Å². The molecule has 0 saturated carbocycles. The second kappa shape index (κ2) is 11.1. The van der Waals surface area contributed by atoms with Gasteiger partial charge in [0, 0.05) is 24.9 Å². The van der Waals surface area contributed by atoms with Crippen LogP contribution >= 0.6 is 11.8 Å². The van der Waals surface area contributed by atoms with E-state index in [1.54, 1.807) is 6.07 Å². The Hall–Kier alpha value is -1.72. The molecule has 8 nitrogen and oxygen atoms in total. The van der Waals surface area contributed by atoms with Crippen LogP contribution in [0, 0.1) is 5.82 Å². The molecule has 1 fully saturated rings. The van der Waals surface area contributed by atoms with E-state index in [1.165, 1.54) is 18.2 Å². The number of hydrogen-bond donors (Lipinski definition) is 4. The third-order valence-corrected chi connectivity index (χ3v) is 5.84. The summed E-state index contributed by atoms with van der Waals surface area (Å²) in [6.07, 6.45) is 2.26. The van der Waals surface area contributed by atoms with Gasteiger partial charge >= 0.3 is 13.1 Å². The summed E-state index contributed by atoms with van der Waals surface area (Å²) in [7, 11) is -1.40. The Morgan fingerprint density at radius 3 is 2.47 bits per heavy atom. The second-order valence-corrected chi connectivity index (χ2v) is 8.17. The van der Waals surface area contributed by atoms with Crippen molar-refractivity contribution in [1.82, 2.24) is 9.32 Å². The van der Waals surface area contributed by atoms with E-state index >= 15 is 0 Å². The molecular weight excluding hydrogens is 415 g/mol. The second-order valence-electron chi connectivity index (χ2n) is 7.80. The summed E-state index contributed by atoms with van der Waals surface area (Å²) in [6, 6.07) is 5.42. The molecule has 166 valence electrons. The molecule has 0 spiro atoms. The van der Waals surface area contributed by atoms with Gasteiger partial charge in [-0.3, -0.25) is 14.5 Å². The number of nitrogens with zero attached hydrogens (tertiary/aromatic N) is 2. The standard InChI is InChI=1S/C19H28BClFN3O5/c21-25(17(26)15-6-1-2-7-16(15)22)14-12-24(13-14)11-5-9-19(23,18(27)28)8-3-4-10-20(29)30/h1-2,6-7,14,29-30H,3-5,8-13,23H2,(H,27,28). The maximum atomic E-state index is 13.8. The summed E-state index contributed by atoms with van der Waals surface area (Å²) in [5.74, 6) is -2.28. The third kappa shape index (κ3) is 6.65. The van der Waals surface area contributed by atoms with Crippen LogP contribution in [0.15, 0.2) is 24.3 Å². The van der Waals surface area contributed by atoms with Crippen molar-refractivity contribution >= 4 is 30.8 Å². The largest absolute Gasteiger partial charge is 0.480 e. The lowest BCUT2D eigenvalue weighted by Crippen LogP contribution is -2.58. The number of amides is 1. The Kier molecular flexibility index (Phi) is 9.05. The minimum atomic E-state index is -1.40. The van der Waals surface area contributed by atoms with Crippen LogP contribution in [-0.4, -0.2) is 74.7 Å². The molecule has 1 unspecified atom stereocenters. The first kappa shape index (κ1) is 24.6. The minimum absolute atomic E-state index is 0.0750. The average molecular weight is 444 g/mol. The Morgan fingerprint density at radius 2 is 1.87 bits per heavy atom. The molecule has 0 aromatic heterocycles. The van der Waals surface area contributed by atoms with Crippen LogP contribution in [0.1, 0.15) is 42.5 Å². The fraction of sp³-hybridized carbons (Fsp3) is 0.579. The molecule has 30 heavy (non-hydrogen) atoms. The molecule has 0 bridgehead atoms. The van der Waals surface area contributed by atoms with Crippen molar-refractivity contribution in [2.24, 2.45) is 5.73 Å². The zero-order chi connectivity index (χ0) is 22.3. The van der Waals surface area contributed by atoms with Crippen LogP contribution in [0.2, 0.25) is 6.32 Å². The van der Waals surface area contributed by atoms with Gasteiger partial charge in [0.1, 0.15) is 11.4 Å². The first-order valence-corrected chi connectivity index (χ1v) is 10.3. The molecule has 5 N–H and O–H groups in total. The van der Waals surface area contributed by atoms with E-state index in [0.717, 1.165) is 4.42 Å². The lowest BCUT2D eigenvalue weighted by molar-refractivity contribution is -0.144. The van der Waals surface area contributed by atoms with Crippen molar-refractivity contribution in [3.8, 4) is 0 Å². The molecule has 0 aliphatic carbocycles. The number of carboxylic acids is 1. The van der Waals surface area contributed by atoms with Crippen molar-refractivity contribution in [2.75, 3.05) is 19.6 Å². The Bertz CT molecular complexity index is 738. The van der Waals surface area contributed by atoms with Gasteiger partial charge in [-0.25, -0.2) is 8.81 Å². The monoisotopic (exact) mass is 443 g/mol. The molecule has 2 rings (SSSR count). The number of hydrogen-bond acceptors (Lipinski definition) is 6. The van der Waals surface area contributed by atoms with Gasteiger partial charge in [-0.1, -0.05) is 25.0 Å². The van der Waals surface area contributed by atoms with Crippen LogP contribution in [0.25, 0.3) is 0 Å². The molecule has 1 aliphatic rings. The Balaban J connectivity index is 1.73. The molecule has 1 aromatic carbocycles. The lowest BCUT2D eigenvalue weighted by atomic mass is 9.81. The van der Waals surface area contributed by atoms with E-state index in [2.05, 4.69) is 0 Å². The molecule has 1 aliphatic heterocycles. The number of carbonyl (C=O) groups excluding carboxylic acids is 1. The average Bonchev–Trinajstić information content (AvgIpc) is 2.66. The highest BCUT2D eigenvalue weighted by molar-refractivity contribution is 6.40. The number of likely N-dealkylation sites (tertiary alicyclic amines) is 1. The zero-order valence-electron chi connectivity index (χ0n) is 16.7. The highest BCUT2D eigenvalue weighted by Crippen LogP contribution is 2.24. The van der Waals surface area contributed by atoms with Gasteiger partial charge in [-0.2, -0.15) is 0 Å². The van der Waals surface area contributed by atoms with Gasteiger partial charge in [0.15, 0.2) is 0 Å². The van der Waals surface area contributed by atoms with E-state index in [0.29, 0.717) is 38.9 Å². The van der Waals surface area contributed by atoms with Crippen LogP contribution < -0.4 is 5.73 Å². The smallest absolute Gasteiger partial charge is 0.451 e. The fourth-order valence-corrected chi connectivity index (χ4v) is 3.72. The van der Waals surface area contributed by atoms with Crippen molar-refractivity contribution < 1.29 is 29.1 Å². The lowest BCUT2D eigenvalue weighted by Gasteiger charge is -2.42. The molecule has 0 radical (unpaired) electrons. The SMILES string of the molecule is NC(CCCCB(O)O)(CCCN1CC(N(Cl)C(=O)c2ccccc2F)C1)C(=O)O. The normalized spacial score (nSPS) is 16.6. The van der Waals surface area contributed by atoms with Gasteiger partial charge in [0.2, 0.25) is 0 Å². The molecule has 1 saturated heterocycles. The fourth-order valence-electron chi connectivity index (χ4n) is 3.51. The number of aliphatic carboxylic acids is 1. The summed E-state index contributed by atoms with van der Waals surface area (Å²) in [6.45, 7) is 1.64. The third-order valence-electron chi connectivity index (χ3n) is 5.42. The van der Waals surface area contributed by atoms with Crippen LogP contribution in [0.3, 0.4) is 0 Å². The Morgan fingerprint density at radius 1 is 1.23 bits per heavy atom. The number of carbonyl (C=O) groups is 2. The molecule has 11 heteroatoms. The number of halogens is 2. The summed E-state index contributed by atoms with van der Waals surface area (Å²) in [5.41, 5.74) is 4.61. The summed E-state index contributed by atoms with van der Waals surface area (Å²) < 4.78 is 14.8. The zero-order valence-corrected chi connectivity index (χ0v) is 17.5. The summed E-state index contributed by atoms with van der Waals surface area (Å²) >= 11 is 6.10. The minimum Gasteiger partial charge on any atom is -0.480 e. The number of rotatable bonds is 12. The maximum Gasteiger partial charge on any atom is 0.451 e. The Labute approximate surface area is 180 Å². The highest BCUT2D eigenvalue weighted by Gasteiger charge is 2.36. The van der Waals surface area contributed by atoms with Crippen LogP contribution in [0.4, 0.5) is 4.39 Å². The van der Waals surface area contributed by atoms with Crippen LogP contribution in [-0.2, 0) is 4.79 Å². The van der Waals surface area contributed by atoms with Crippen LogP contribution in [0.5, 0.6) is 0 Å². The summed E-state index contributed by atoms with van der Waals surface area (Å²) in [4.78, 5) is 25.9. The molecule has 1 atom stereocenters. The highest BCUT2D eigenvalue weighted by atomic mass is 35.5. The topological polar surface area (TPSA) is 127 Å². The van der Waals surface area contributed by atoms with Crippen molar-refractivity contribution in [3.05, 3.63) is 35.6 Å². The quantitative estimate of drug-likeness (QED) is 0.218. The number of carboxylic acid groups (broad SMARTS) is 1. The maximum absolute atomic E-state index is 13.8. The van der Waals surface area contributed by atoms with Crippen molar-refractivity contribution in [1.29, 1.82) is 0 Å². The molecular formula is C19H28BClFN3O5. The van der Waals surface area contributed by atoms with Gasteiger partial charge in [-0.05, 0) is 44.3 Å². The van der Waals surface area contributed by atoms with E-state index in [9.17, 15) is 19.1 Å². The van der Waals surface area contributed by atoms with Gasteiger partial charge in [0.05, 0.1) is 11.6 Å². The van der Waals surface area contributed by atoms with E-state index in [-0.39, 0.29) is 30.8 Å². The van der Waals surface area contributed by atoms with Crippen molar-refractivity contribution in [3.63, 3.8) is 0 Å². The van der Waals surface area contributed by atoms with E-state index < -0.39 is 30.4 Å². The first-order chi connectivity index (χ1) is 14.1. The predicted octanol–water partition coefficient (Wildman–Crippen LogP) is 1.31. The number of unbranched alkanes of at least 4 members (excludes halogenated alkanes) is 1. The van der Waals surface area contributed by atoms with Crippen molar-refractivity contribution in [2.45, 2.75) is 50.0 Å². The number of benzene rings is 1. The van der Waals surface area contributed by atoms with Gasteiger partial charge < -0.3 is 20.9 Å². The van der Waals surface area contributed by atoms with E-state index in [4.69, 9.17) is 27.6 Å².